The van der Waals surface area contributed by atoms with E-state index in [2.05, 4.69) is 15.8 Å². The van der Waals surface area contributed by atoms with Gasteiger partial charge in [0.25, 0.3) is 5.91 Å². The highest BCUT2D eigenvalue weighted by Crippen LogP contribution is 2.15. The smallest absolute Gasteiger partial charge is 0.286 e. The second-order valence-corrected chi connectivity index (χ2v) is 7.15. The maximum atomic E-state index is 12.1. The minimum absolute atomic E-state index is 0.0881. The van der Waals surface area contributed by atoms with Gasteiger partial charge in [0.05, 0.1) is 10.6 Å². The lowest BCUT2D eigenvalue weighted by molar-refractivity contribution is -0.121. The van der Waals surface area contributed by atoms with Gasteiger partial charge in [-0.15, -0.1) is 0 Å². The van der Waals surface area contributed by atoms with E-state index in [1.807, 2.05) is 0 Å². The summed E-state index contributed by atoms with van der Waals surface area (Å²) < 4.78 is 24.1. The molecule has 0 fully saturated rings. The molecule has 2 amide bonds. The van der Waals surface area contributed by atoms with E-state index in [0.29, 0.717) is 5.02 Å². The Labute approximate surface area is 137 Å². The number of aromatic amines is 1. The highest BCUT2D eigenvalue weighted by Gasteiger charge is 2.17. The van der Waals surface area contributed by atoms with Crippen LogP contribution in [-0.4, -0.2) is 31.0 Å². The molecule has 0 atom stereocenters. The van der Waals surface area contributed by atoms with Gasteiger partial charge in [-0.1, -0.05) is 11.6 Å². The van der Waals surface area contributed by atoms with Crippen LogP contribution in [0, 0.1) is 0 Å². The minimum Gasteiger partial charge on any atom is -0.357 e. The molecular formula is C14H14ClN3O4S. The topological polar surface area (TPSA) is 108 Å². The van der Waals surface area contributed by atoms with Crippen molar-refractivity contribution in [2.75, 3.05) is 5.75 Å². The van der Waals surface area contributed by atoms with Crippen molar-refractivity contribution in [3.05, 3.63) is 53.3 Å². The molecule has 0 unspecified atom stereocenters. The molecule has 2 aromatic rings. The Morgan fingerprint density at radius 3 is 2.39 bits per heavy atom. The fourth-order valence-electron chi connectivity index (χ4n) is 1.71. The molecule has 3 N–H and O–H groups in total. The lowest BCUT2D eigenvalue weighted by Crippen LogP contribution is -2.42. The maximum absolute atomic E-state index is 12.1. The number of hydrogen-bond donors (Lipinski definition) is 3. The quantitative estimate of drug-likeness (QED) is 0.702. The van der Waals surface area contributed by atoms with Crippen molar-refractivity contribution >= 4 is 33.3 Å². The monoisotopic (exact) mass is 355 g/mol. The molecule has 0 aliphatic carbocycles. The van der Waals surface area contributed by atoms with Crippen molar-refractivity contribution in [2.45, 2.75) is 11.3 Å². The summed E-state index contributed by atoms with van der Waals surface area (Å²) in [4.78, 5) is 26.0. The molecule has 122 valence electrons. The molecule has 1 heterocycles. The second kappa shape index (κ2) is 7.30. The number of carbonyl (C=O) groups excluding carboxylic acids is 2. The van der Waals surface area contributed by atoms with Crippen molar-refractivity contribution < 1.29 is 18.0 Å². The Hall–Kier alpha value is -2.32. The van der Waals surface area contributed by atoms with Gasteiger partial charge in [0.2, 0.25) is 5.91 Å². The Balaban J connectivity index is 1.84. The third kappa shape index (κ3) is 4.83. The predicted molar refractivity (Wildman–Crippen MR) is 84.5 cm³/mol. The van der Waals surface area contributed by atoms with Crippen LogP contribution in [0.2, 0.25) is 5.02 Å². The fraction of sp³-hybridized carbons (Fsp3) is 0.143. The first-order chi connectivity index (χ1) is 10.9. The predicted octanol–water partition coefficient (Wildman–Crippen LogP) is 1.29. The van der Waals surface area contributed by atoms with Crippen LogP contribution in [-0.2, 0) is 14.6 Å². The van der Waals surface area contributed by atoms with Gasteiger partial charge in [0, 0.05) is 17.6 Å². The number of carbonyl (C=O) groups is 2. The van der Waals surface area contributed by atoms with Crippen LogP contribution in [0.5, 0.6) is 0 Å². The number of amides is 2. The van der Waals surface area contributed by atoms with Gasteiger partial charge in [0.15, 0.2) is 9.84 Å². The van der Waals surface area contributed by atoms with E-state index < -0.39 is 21.7 Å². The number of halogens is 1. The fourth-order valence-corrected chi connectivity index (χ4v) is 3.08. The first-order valence-corrected chi connectivity index (χ1v) is 8.62. The first kappa shape index (κ1) is 17.0. The van der Waals surface area contributed by atoms with Gasteiger partial charge >= 0.3 is 0 Å². The molecule has 2 rings (SSSR count). The number of rotatable bonds is 5. The van der Waals surface area contributed by atoms with Crippen LogP contribution in [0.15, 0.2) is 47.5 Å². The summed E-state index contributed by atoms with van der Waals surface area (Å²) in [6.07, 6.45) is 1.28. The molecule has 0 aliphatic rings. The number of aromatic nitrogens is 1. The molecule has 0 radical (unpaired) electrons. The number of H-pyrrole nitrogens is 1. The van der Waals surface area contributed by atoms with Gasteiger partial charge in [-0.2, -0.15) is 0 Å². The second-order valence-electron chi connectivity index (χ2n) is 4.61. The van der Waals surface area contributed by atoms with Crippen LogP contribution in [0.3, 0.4) is 0 Å². The van der Waals surface area contributed by atoms with Crippen LogP contribution < -0.4 is 10.9 Å². The summed E-state index contributed by atoms with van der Waals surface area (Å²) in [6, 6.07) is 8.85. The van der Waals surface area contributed by atoms with Gasteiger partial charge in [-0.3, -0.25) is 20.4 Å². The summed E-state index contributed by atoms with van der Waals surface area (Å²) in [7, 11) is -3.59. The molecule has 0 saturated heterocycles. The highest BCUT2D eigenvalue weighted by atomic mass is 35.5. The molecule has 1 aromatic carbocycles. The highest BCUT2D eigenvalue weighted by molar-refractivity contribution is 7.91. The van der Waals surface area contributed by atoms with Crippen molar-refractivity contribution in [1.82, 2.24) is 15.8 Å². The maximum Gasteiger partial charge on any atom is 0.286 e. The average Bonchev–Trinajstić information content (AvgIpc) is 3.05. The van der Waals surface area contributed by atoms with Crippen molar-refractivity contribution in [2.24, 2.45) is 0 Å². The summed E-state index contributed by atoms with van der Waals surface area (Å²) in [5.74, 6) is -1.51. The van der Waals surface area contributed by atoms with E-state index in [0.717, 1.165) is 0 Å². The Morgan fingerprint density at radius 1 is 1.09 bits per heavy atom. The average molecular weight is 356 g/mol. The SMILES string of the molecule is O=C(CCS(=O)(=O)c1ccc(Cl)cc1)NNC(=O)c1ccc[nH]1. The lowest BCUT2D eigenvalue weighted by Gasteiger charge is -2.07. The van der Waals surface area contributed by atoms with Crippen molar-refractivity contribution in [3.63, 3.8) is 0 Å². The molecule has 0 aliphatic heterocycles. The Morgan fingerprint density at radius 2 is 1.78 bits per heavy atom. The van der Waals surface area contributed by atoms with E-state index in [-0.39, 0.29) is 22.8 Å². The third-order valence-corrected chi connectivity index (χ3v) is 4.91. The zero-order valence-electron chi connectivity index (χ0n) is 11.9. The number of sulfone groups is 1. The minimum atomic E-state index is -3.59. The van der Waals surface area contributed by atoms with Gasteiger partial charge in [0.1, 0.15) is 5.69 Å². The van der Waals surface area contributed by atoms with E-state index >= 15 is 0 Å². The van der Waals surface area contributed by atoms with Crippen LogP contribution in [0.25, 0.3) is 0 Å². The number of benzene rings is 1. The van der Waals surface area contributed by atoms with Gasteiger partial charge in [-0.25, -0.2) is 8.42 Å². The third-order valence-electron chi connectivity index (χ3n) is 2.93. The lowest BCUT2D eigenvalue weighted by atomic mass is 10.4. The number of hydrazine groups is 1. The molecule has 1 aromatic heterocycles. The number of nitrogens with one attached hydrogen (secondary N) is 3. The van der Waals surface area contributed by atoms with E-state index in [1.54, 1.807) is 12.3 Å². The van der Waals surface area contributed by atoms with Gasteiger partial charge in [-0.05, 0) is 36.4 Å². The Bertz CT molecular complexity index is 786. The van der Waals surface area contributed by atoms with Crippen LogP contribution in [0.1, 0.15) is 16.9 Å². The van der Waals surface area contributed by atoms with Crippen molar-refractivity contribution in [1.29, 1.82) is 0 Å². The zero-order valence-corrected chi connectivity index (χ0v) is 13.4. The summed E-state index contributed by atoms with van der Waals surface area (Å²) >= 11 is 5.70. The van der Waals surface area contributed by atoms with E-state index in [4.69, 9.17) is 11.6 Å². The molecule has 0 bridgehead atoms. The molecule has 9 heteroatoms. The van der Waals surface area contributed by atoms with Crippen molar-refractivity contribution in [3.8, 4) is 0 Å². The summed E-state index contributed by atoms with van der Waals surface area (Å²) in [5.41, 5.74) is 4.62. The molecular weight excluding hydrogens is 342 g/mol. The zero-order chi connectivity index (χ0) is 16.9. The summed E-state index contributed by atoms with van der Waals surface area (Å²) in [6.45, 7) is 0. The largest absolute Gasteiger partial charge is 0.357 e. The molecule has 7 nitrogen and oxygen atoms in total. The van der Waals surface area contributed by atoms with Crippen LogP contribution >= 0.6 is 11.6 Å². The standard InChI is InChI=1S/C14H14ClN3O4S/c15-10-3-5-11(6-4-10)23(21,22)9-7-13(19)17-18-14(20)12-2-1-8-16-12/h1-6,8,16H,7,9H2,(H,17,19)(H,18,20). The Kier molecular flexibility index (Phi) is 5.41. The van der Waals surface area contributed by atoms with Crippen LogP contribution in [0.4, 0.5) is 0 Å². The summed E-state index contributed by atoms with van der Waals surface area (Å²) in [5, 5.41) is 0.425. The molecule has 0 spiro atoms. The first-order valence-electron chi connectivity index (χ1n) is 6.59. The van der Waals surface area contributed by atoms with Gasteiger partial charge < -0.3 is 4.98 Å². The number of hydrogen-bond acceptors (Lipinski definition) is 4. The molecule has 0 saturated carbocycles. The van der Waals surface area contributed by atoms with E-state index in [1.165, 1.54) is 30.3 Å². The molecule has 23 heavy (non-hydrogen) atoms. The van der Waals surface area contributed by atoms with E-state index in [9.17, 15) is 18.0 Å². The normalized spacial score (nSPS) is 11.0.